The Labute approximate surface area is 90.7 Å². The van der Waals surface area contributed by atoms with Crippen LogP contribution in [0.3, 0.4) is 0 Å². The first-order chi connectivity index (χ1) is 7.25. The fourth-order valence-corrected chi connectivity index (χ4v) is 2.20. The van der Waals surface area contributed by atoms with E-state index in [9.17, 15) is 0 Å². The van der Waals surface area contributed by atoms with E-state index in [2.05, 4.69) is 34.9 Å². The molecule has 1 fully saturated rings. The van der Waals surface area contributed by atoms with Gasteiger partial charge < -0.3 is 9.80 Å². The van der Waals surface area contributed by atoms with Crippen LogP contribution in [-0.4, -0.2) is 32.2 Å². The summed E-state index contributed by atoms with van der Waals surface area (Å²) in [7, 11) is 4.31. The molecule has 0 radical (unpaired) electrons. The Morgan fingerprint density at radius 2 is 1.80 bits per heavy atom. The lowest BCUT2D eigenvalue weighted by molar-refractivity contribution is 0.790. The van der Waals surface area contributed by atoms with Gasteiger partial charge in [-0.15, -0.1) is 0 Å². The van der Waals surface area contributed by atoms with E-state index in [1.54, 1.807) is 0 Å². The fraction of sp³-hybridized carbons (Fsp3) is 0.583. The van der Waals surface area contributed by atoms with E-state index < -0.39 is 0 Å². The van der Waals surface area contributed by atoms with Gasteiger partial charge in [-0.25, -0.2) is 0 Å². The Morgan fingerprint density at radius 3 is 2.47 bits per heavy atom. The average Bonchev–Trinajstić information content (AvgIpc) is 3.07. The van der Waals surface area contributed by atoms with Gasteiger partial charge in [-0.2, -0.15) is 0 Å². The highest BCUT2D eigenvalue weighted by Crippen LogP contribution is 2.42. The summed E-state index contributed by atoms with van der Waals surface area (Å²) in [5.41, 5.74) is 3.91. The minimum atomic E-state index is 0.746. The quantitative estimate of drug-likeness (QED) is 0.694. The molecule has 1 aromatic rings. The minimum Gasteiger partial charge on any atom is -0.371 e. The van der Waals surface area contributed by atoms with Gasteiger partial charge in [0.2, 0.25) is 0 Å². The number of hydrogen-bond donors (Lipinski definition) is 0. The first-order valence-electron chi connectivity index (χ1n) is 5.68. The molecule has 0 spiro atoms. The molecule has 0 unspecified atom stereocenters. The Kier molecular flexibility index (Phi) is 1.87. The molecular formula is C12H17N3. The van der Waals surface area contributed by atoms with Gasteiger partial charge >= 0.3 is 0 Å². The molecule has 3 rings (SSSR count). The molecule has 2 heterocycles. The predicted octanol–water partition coefficient (Wildman–Crippen LogP) is 1.84. The minimum absolute atomic E-state index is 0.746. The Bertz CT molecular complexity index is 384. The SMILES string of the molecule is CN1CCN(C)c2cc(C3CC3)ncc21. The number of likely N-dealkylation sites (N-methyl/N-ethyl adjacent to an activating group) is 2. The second-order valence-corrected chi connectivity index (χ2v) is 4.72. The van der Waals surface area contributed by atoms with Gasteiger partial charge in [0, 0.05) is 38.8 Å². The van der Waals surface area contributed by atoms with Gasteiger partial charge in [0.15, 0.2) is 0 Å². The van der Waals surface area contributed by atoms with E-state index >= 15 is 0 Å². The summed E-state index contributed by atoms with van der Waals surface area (Å²) >= 11 is 0. The molecule has 1 saturated carbocycles. The number of pyridine rings is 1. The molecule has 0 bridgehead atoms. The molecule has 0 saturated heterocycles. The Morgan fingerprint density at radius 1 is 1.13 bits per heavy atom. The third-order valence-corrected chi connectivity index (χ3v) is 3.47. The van der Waals surface area contributed by atoms with E-state index in [1.165, 1.54) is 29.9 Å². The monoisotopic (exact) mass is 203 g/mol. The standard InChI is InChI=1S/C12H17N3/c1-14-5-6-15(2)12-8-13-10(7-11(12)14)9-3-4-9/h7-9H,3-6H2,1-2H3. The van der Waals surface area contributed by atoms with Crippen LogP contribution in [0.4, 0.5) is 11.4 Å². The molecule has 1 aliphatic heterocycles. The van der Waals surface area contributed by atoms with E-state index in [1.807, 2.05) is 6.20 Å². The van der Waals surface area contributed by atoms with Gasteiger partial charge in [0.1, 0.15) is 0 Å². The summed E-state index contributed by atoms with van der Waals surface area (Å²) in [6.07, 6.45) is 4.69. The van der Waals surface area contributed by atoms with Gasteiger partial charge in [-0.05, 0) is 18.9 Å². The number of fused-ring (bicyclic) bond motifs is 1. The lowest BCUT2D eigenvalue weighted by Gasteiger charge is -2.34. The molecule has 3 nitrogen and oxygen atoms in total. The van der Waals surface area contributed by atoms with E-state index in [4.69, 9.17) is 0 Å². The molecule has 0 aromatic carbocycles. The number of nitrogens with zero attached hydrogens (tertiary/aromatic N) is 3. The second-order valence-electron chi connectivity index (χ2n) is 4.72. The van der Waals surface area contributed by atoms with Crippen LogP contribution in [0.2, 0.25) is 0 Å². The number of hydrogen-bond acceptors (Lipinski definition) is 3. The fourth-order valence-electron chi connectivity index (χ4n) is 2.20. The summed E-state index contributed by atoms with van der Waals surface area (Å²) in [5, 5.41) is 0. The molecule has 1 aromatic heterocycles. The maximum absolute atomic E-state index is 4.57. The molecule has 0 amide bonds. The van der Waals surface area contributed by atoms with Crippen molar-refractivity contribution in [2.75, 3.05) is 37.0 Å². The topological polar surface area (TPSA) is 19.4 Å². The first kappa shape index (κ1) is 9.01. The zero-order valence-corrected chi connectivity index (χ0v) is 9.40. The summed E-state index contributed by atoms with van der Waals surface area (Å²) in [4.78, 5) is 9.20. The number of aromatic nitrogens is 1. The lowest BCUT2D eigenvalue weighted by atomic mass is 10.1. The van der Waals surface area contributed by atoms with Crippen molar-refractivity contribution in [3.05, 3.63) is 18.0 Å². The van der Waals surface area contributed by atoms with Crippen LogP contribution in [0.15, 0.2) is 12.3 Å². The Hall–Kier alpha value is -1.25. The van der Waals surface area contributed by atoms with Crippen molar-refractivity contribution >= 4 is 11.4 Å². The lowest BCUT2D eigenvalue weighted by Crippen LogP contribution is -2.36. The summed E-state index contributed by atoms with van der Waals surface area (Å²) < 4.78 is 0. The van der Waals surface area contributed by atoms with E-state index in [0.717, 1.165) is 19.0 Å². The van der Waals surface area contributed by atoms with Gasteiger partial charge in [0.05, 0.1) is 17.6 Å². The number of anilines is 2. The summed E-state index contributed by atoms with van der Waals surface area (Å²) in [6.45, 7) is 2.20. The van der Waals surface area contributed by atoms with Crippen molar-refractivity contribution in [2.24, 2.45) is 0 Å². The molecule has 0 N–H and O–H groups in total. The smallest absolute Gasteiger partial charge is 0.0788 e. The normalized spacial score (nSPS) is 20.4. The maximum atomic E-state index is 4.57. The highest BCUT2D eigenvalue weighted by Gasteiger charge is 2.27. The largest absolute Gasteiger partial charge is 0.371 e. The second kappa shape index (κ2) is 3.12. The van der Waals surface area contributed by atoms with Crippen LogP contribution in [0.5, 0.6) is 0 Å². The number of rotatable bonds is 1. The van der Waals surface area contributed by atoms with Gasteiger partial charge in [-0.1, -0.05) is 0 Å². The molecular weight excluding hydrogens is 186 g/mol. The van der Waals surface area contributed by atoms with Crippen LogP contribution in [-0.2, 0) is 0 Å². The average molecular weight is 203 g/mol. The molecule has 15 heavy (non-hydrogen) atoms. The molecule has 2 aliphatic rings. The highest BCUT2D eigenvalue weighted by atomic mass is 15.2. The van der Waals surface area contributed by atoms with Crippen LogP contribution >= 0.6 is 0 Å². The van der Waals surface area contributed by atoms with Crippen molar-refractivity contribution in [2.45, 2.75) is 18.8 Å². The zero-order chi connectivity index (χ0) is 10.4. The predicted molar refractivity (Wildman–Crippen MR) is 62.8 cm³/mol. The molecule has 0 atom stereocenters. The van der Waals surface area contributed by atoms with Crippen molar-refractivity contribution in [1.82, 2.24) is 4.98 Å². The van der Waals surface area contributed by atoms with Crippen molar-refractivity contribution in [3.8, 4) is 0 Å². The van der Waals surface area contributed by atoms with Crippen molar-refractivity contribution < 1.29 is 0 Å². The van der Waals surface area contributed by atoms with E-state index in [0.29, 0.717) is 0 Å². The van der Waals surface area contributed by atoms with Crippen LogP contribution < -0.4 is 9.80 Å². The maximum Gasteiger partial charge on any atom is 0.0788 e. The molecule has 3 heteroatoms. The molecule has 80 valence electrons. The molecule has 1 aliphatic carbocycles. The van der Waals surface area contributed by atoms with Crippen LogP contribution in [0, 0.1) is 0 Å². The Balaban J connectivity index is 2.04. The third kappa shape index (κ3) is 1.46. The summed E-state index contributed by atoms with van der Waals surface area (Å²) in [5.74, 6) is 0.746. The van der Waals surface area contributed by atoms with Crippen molar-refractivity contribution in [1.29, 1.82) is 0 Å². The highest BCUT2D eigenvalue weighted by molar-refractivity contribution is 5.72. The first-order valence-corrected chi connectivity index (χ1v) is 5.68. The zero-order valence-electron chi connectivity index (χ0n) is 9.40. The van der Waals surface area contributed by atoms with E-state index in [-0.39, 0.29) is 0 Å². The third-order valence-electron chi connectivity index (χ3n) is 3.47. The summed E-state index contributed by atoms with van der Waals surface area (Å²) in [6, 6.07) is 2.28. The van der Waals surface area contributed by atoms with Crippen LogP contribution in [0.25, 0.3) is 0 Å². The van der Waals surface area contributed by atoms with Gasteiger partial charge in [-0.3, -0.25) is 4.98 Å². The van der Waals surface area contributed by atoms with Crippen LogP contribution in [0.1, 0.15) is 24.5 Å². The van der Waals surface area contributed by atoms with Crippen molar-refractivity contribution in [3.63, 3.8) is 0 Å². The van der Waals surface area contributed by atoms with Gasteiger partial charge in [0.25, 0.3) is 0 Å².